The molecule has 3 heterocycles. The summed E-state index contributed by atoms with van der Waals surface area (Å²) in [6.07, 6.45) is 1.69. The predicted molar refractivity (Wildman–Crippen MR) is 97.7 cm³/mol. The van der Waals surface area contributed by atoms with Gasteiger partial charge in [0.15, 0.2) is 11.5 Å². The van der Waals surface area contributed by atoms with Crippen molar-refractivity contribution < 1.29 is 13.9 Å². The van der Waals surface area contributed by atoms with Crippen LogP contribution >= 0.6 is 0 Å². The van der Waals surface area contributed by atoms with Crippen LogP contribution < -0.4 is 4.90 Å². The van der Waals surface area contributed by atoms with Crippen LogP contribution in [0.25, 0.3) is 17.0 Å². The van der Waals surface area contributed by atoms with E-state index in [2.05, 4.69) is 20.2 Å². The minimum atomic E-state index is -0.376. The number of anilines is 1. The summed E-state index contributed by atoms with van der Waals surface area (Å²) in [6, 6.07) is 10.1. The highest BCUT2D eigenvalue weighted by atomic mass is 19.1. The van der Waals surface area contributed by atoms with Crippen LogP contribution in [0.2, 0.25) is 0 Å². The average molecular weight is 369 g/mol. The molecule has 0 spiro atoms. The number of carbonyl (C=O) groups excluding carboxylic acids is 1. The van der Waals surface area contributed by atoms with E-state index >= 15 is 0 Å². The van der Waals surface area contributed by atoms with Gasteiger partial charge in [0.05, 0.1) is 18.1 Å². The molecule has 3 aromatic rings. The largest absolute Gasteiger partial charge is 0.466 e. The maximum absolute atomic E-state index is 14.2. The summed E-state index contributed by atoms with van der Waals surface area (Å²) in [5, 5.41) is 12.8. The van der Waals surface area contributed by atoms with Gasteiger partial charge in [-0.2, -0.15) is 4.52 Å². The minimum absolute atomic E-state index is 0.164. The number of hydrogen-bond acceptors (Lipinski definition) is 6. The summed E-state index contributed by atoms with van der Waals surface area (Å²) in [7, 11) is 0. The molecule has 1 aliphatic heterocycles. The molecule has 1 fully saturated rings. The third kappa shape index (κ3) is 3.34. The van der Waals surface area contributed by atoms with Crippen molar-refractivity contribution >= 4 is 17.4 Å². The lowest BCUT2D eigenvalue weighted by molar-refractivity contribution is -0.148. The maximum atomic E-state index is 14.2. The Bertz CT molecular complexity index is 974. The molecule has 0 aliphatic carbocycles. The fourth-order valence-electron chi connectivity index (χ4n) is 3.40. The molecule has 0 bridgehead atoms. The number of esters is 1. The summed E-state index contributed by atoms with van der Waals surface area (Å²) in [4.78, 5) is 14.1. The molecular weight excluding hydrogens is 349 g/mol. The summed E-state index contributed by atoms with van der Waals surface area (Å²) in [6.45, 7) is 3.54. The second-order valence-electron chi connectivity index (χ2n) is 6.50. The molecule has 1 saturated heterocycles. The third-order valence-electron chi connectivity index (χ3n) is 4.73. The molecule has 2 aromatic heterocycles. The number of nitrogens with zero attached hydrogens (tertiary/aromatic N) is 5. The van der Waals surface area contributed by atoms with Gasteiger partial charge in [0.2, 0.25) is 0 Å². The molecule has 0 amide bonds. The van der Waals surface area contributed by atoms with Crippen molar-refractivity contribution in [3.8, 4) is 11.4 Å². The van der Waals surface area contributed by atoms with E-state index in [4.69, 9.17) is 4.74 Å². The first-order chi connectivity index (χ1) is 13.2. The van der Waals surface area contributed by atoms with Gasteiger partial charge in [-0.15, -0.1) is 15.3 Å². The normalized spacial score (nSPS) is 17.3. The van der Waals surface area contributed by atoms with Crippen LogP contribution in [0, 0.1) is 11.7 Å². The number of fused-ring (bicyclic) bond motifs is 1. The van der Waals surface area contributed by atoms with Gasteiger partial charge in [0.25, 0.3) is 0 Å². The fourth-order valence-corrected chi connectivity index (χ4v) is 3.40. The summed E-state index contributed by atoms with van der Waals surface area (Å²) >= 11 is 0. The molecule has 1 aliphatic rings. The van der Waals surface area contributed by atoms with Crippen LogP contribution in [0.1, 0.15) is 19.8 Å². The Kier molecular flexibility index (Phi) is 4.70. The lowest BCUT2D eigenvalue weighted by Gasteiger charge is -2.32. The quantitative estimate of drug-likeness (QED) is 0.659. The van der Waals surface area contributed by atoms with Crippen LogP contribution in [0.15, 0.2) is 36.4 Å². The van der Waals surface area contributed by atoms with Crippen molar-refractivity contribution in [3.63, 3.8) is 0 Å². The van der Waals surface area contributed by atoms with Crippen molar-refractivity contribution in [3.05, 3.63) is 42.2 Å². The van der Waals surface area contributed by atoms with Crippen molar-refractivity contribution in [1.29, 1.82) is 0 Å². The van der Waals surface area contributed by atoms with E-state index in [0.29, 0.717) is 36.0 Å². The molecule has 8 heteroatoms. The van der Waals surface area contributed by atoms with Gasteiger partial charge in [-0.3, -0.25) is 4.79 Å². The molecule has 27 heavy (non-hydrogen) atoms. The molecule has 0 saturated carbocycles. The van der Waals surface area contributed by atoms with Gasteiger partial charge in [-0.25, -0.2) is 4.39 Å². The molecular formula is C19H20FN5O2. The van der Waals surface area contributed by atoms with Crippen molar-refractivity contribution in [2.75, 3.05) is 24.6 Å². The number of halogens is 1. The van der Waals surface area contributed by atoms with E-state index in [9.17, 15) is 9.18 Å². The molecule has 4 rings (SSSR count). The van der Waals surface area contributed by atoms with Crippen molar-refractivity contribution in [2.24, 2.45) is 5.92 Å². The predicted octanol–water partition coefficient (Wildman–Crippen LogP) is 2.71. The average Bonchev–Trinajstić information content (AvgIpc) is 3.12. The van der Waals surface area contributed by atoms with Gasteiger partial charge < -0.3 is 9.64 Å². The molecule has 1 atom stereocenters. The fraction of sp³-hybridized carbons (Fsp3) is 0.368. The topological polar surface area (TPSA) is 72.6 Å². The first kappa shape index (κ1) is 17.4. The van der Waals surface area contributed by atoms with Crippen LogP contribution in [0.4, 0.5) is 10.2 Å². The Morgan fingerprint density at radius 2 is 2.11 bits per heavy atom. The van der Waals surface area contributed by atoms with Crippen LogP contribution in [-0.2, 0) is 9.53 Å². The number of aromatic nitrogens is 4. The highest BCUT2D eigenvalue weighted by Gasteiger charge is 2.28. The number of benzene rings is 1. The zero-order valence-electron chi connectivity index (χ0n) is 15.0. The van der Waals surface area contributed by atoms with Crippen molar-refractivity contribution in [1.82, 2.24) is 19.8 Å². The van der Waals surface area contributed by atoms with Crippen molar-refractivity contribution in [2.45, 2.75) is 19.8 Å². The second-order valence-corrected chi connectivity index (χ2v) is 6.50. The van der Waals surface area contributed by atoms with E-state index in [1.54, 1.807) is 28.8 Å². The monoisotopic (exact) mass is 369 g/mol. The molecule has 7 nitrogen and oxygen atoms in total. The van der Waals surface area contributed by atoms with E-state index in [-0.39, 0.29) is 17.7 Å². The highest BCUT2D eigenvalue weighted by Crippen LogP contribution is 2.25. The molecule has 0 N–H and O–H groups in total. The molecule has 1 aromatic carbocycles. The first-order valence-electron chi connectivity index (χ1n) is 9.06. The maximum Gasteiger partial charge on any atom is 0.310 e. The van der Waals surface area contributed by atoms with Gasteiger partial charge in [-0.05, 0) is 44.0 Å². The zero-order chi connectivity index (χ0) is 18.8. The number of carbonyl (C=O) groups is 1. The summed E-state index contributed by atoms with van der Waals surface area (Å²) in [5.41, 5.74) is 0.883. The smallest absolute Gasteiger partial charge is 0.310 e. The molecule has 0 radical (unpaired) electrons. The van der Waals surface area contributed by atoms with Crippen LogP contribution in [0.5, 0.6) is 0 Å². The van der Waals surface area contributed by atoms with Gasteiger partial charge >= 0.3 is 5.97 Å². The number of rotatable bonds is 4. The lowest BCUT2D eigenvalue weighted by atomic mass is 9.98. The van der Waals surface area contributed by atoms with Crippen LogP contribution in [0.3, 0.4) is 0 Å². The summed E-state index contributed by atoms with van der Waals surface area (Å²) in [5.74, 6) is 0.347. The Morgan fingerprint density at radius 1 is 1.26 bits per heavy atom. The van der Waals surface area contributed by atoms with E-state index in [0.717, 1.165) is 19.4 Å². The van der Waals surface area contributed by atoms with Gasteiger partial charge in [-0.1, -0.05) is 12.1 Å². The van der Waals surface area contributed by atoms with Gasteiger partial charge in [0.1, 0.15) is 11.6 Å². The second kappa shape index (κ2) is 7.30. The Morgan fingerprint density at radius 3 is 2.93 bits per heavy atom. The molecule has 140 valence electrons. The third-order valence-corrected chi connectivity index (χ3v) is 4.73. The van der Waals surface area contributed by atoms with Gasteiger partial charge in [0, 0.05) is 13.1 Å². The SMILES string of the molecule is CCOC(=O)[C@H]1CCCN(c2ccc3nnc(-c4ccccc4F)n3n2)C1. The van der Waals surface area contributed by atoms with E-state index in [1.807, 2.05) is 13.0 Å². The first-order valence-corrected chi connectivity index (χ1v) is 9.06. The number of piperidine rings is 1. The Labute approximate surface area is 155 Å². The molecule has 0 unspecified atom stereocenters. The Hall–Kier alpha value is -3.03. The van der Waals surface area contributed by atoms with Crippen LogP contribution in [-0.4, -0.2) is 45.5 Å². The van der Waals surface area contributed by atoms with E-state index < -0.39 is 0 Å². The zero-order valence-corrected chi connectivity index (χ0v) is 15.0. The minimum Gasteiger partial charge on any atom is -0.466 e. The standard InChI is InChI=1S/C19H20FN5O2/c1-2-27-19(26)13-6-5-11-24(12-13)17-10-9-16-21-22-18(25(16)23-17)14-7-3-4-8-15(14)20/h3-4,7-10,13H,2,5-6,11-12H2,1H3/t13-/m0/s1. The summed E-state index contributed by atoms with van der Waals surface area (Å²) < 4.78 is 20.9. The number of hydrogen-bond donors (Lipinski definition) is 0. The number of ether oxygens (including phenoxy) is 1. The Balaban J connectivity index is 1.66. The highest BCUT2D eigenvalue weighted by molar-refractivity contribution is 5.73. The lowest BCUT2D eigenvalue weighted by Crippen LogP contribution is -2.40. The van der Waals surface area contributed by atoms with E-state index in [1.165, 1.54) is 6.07 Å².